The number of halogens is 3. The maximum absolute atomic E-state index is 14.1. The van der Waals surface area contributed by atoms with Crippen molar-refractivity contribution in [3.05, 3.63) is 45.7 Å². The zero-order chi connectivity index (χ0) is 23.3. The van der Waals surface area contributed by atoms with Crippen LogP contribution in [0.5, 0.6) is 0 Å². The summed E-state index contributed by atoms with van der Waals surface area (Å²) in [5.41, 5.74) is 3.30. The smallest absolute Gasteiger partial charge is 0.376 e. The van der Waals surface area contributed by atoms with Gasteiger partial charge in [-0.2, -0.15) is 23.4 Å². The molecule has 0 radical (unpaired) electrons. The van der Waals surface area contributed by atoms with Crippen molar-refractivity contribution in [2.75, 3.05) is 11.9 Å². The zero-order valence-corrected chi connectivity index (χ0v) is 19.1. The minimum absolute atomic E-state index is 0.000459. The third-order valence-electron chi connectivity index (χ3n) is 6.52. The third-order valence-corrected chi connectivity index (χ3v) is 6.83. The Hall–Kier alpha value is -2.66. The summed E-state index contributed by atoms with van der Waals surface area (Å²) < 4.78 is 51.1. The Balaban J connectivity index is 1.52. The first-order chi connectivity index (χ1) is 15.7. The van der Waals surface area contributed by atoms with Gasteiger partial charge >= 0.3 is 6.18 Å². The highest BCUT2D eigenvalue weighted by atomic mass is 32.1. The first kappa shape index (κ1) is 22.1. The maximum atomic E-state index is 14.1. The van der Waals surface area contributed by atoms with Crippen LogP contribution in [0.4, 0.5) is 19.0 Å². The van der Waals surface area contributed by atoms with Gasteiger partial charge in [0.05, 0.1) is 18.7 Å². The summed E-state index contributed by atoms with van der Waals surface area (Å²) >= 11 is 5.36. The highest BCUT2D eigenvalue weighted by Crippen LogP contribution is 2.44. The molecule has 1 saturated heterocycles. The standard InChI is InChI=1S/C22H25F3N6OS/c1-12-5-6-14(8-13(12)2)16-9-18(22(23,24)25)31-19(26-16)10-17(29-31)20-27-28-21(33)30(20)11-15-4-3-7-32-15/h5-6,8,10,15-16,18,26H,3-4,7,9,11H2,1-2H3,(H,28,33)/t15-,16+,18-/m0/s1. The molecule has 176 valence electrons. The van der Waals surface area contributed by atoms with Gasteiger partial charge < -0.3 is 10.1 Å². The number of benzene rings is 1. The SMILES string of the molecule is Cc1ccc([C@H]2C[C@@H](C(F)(F)F)n3nc(-c4n[nH]c(=S)n4C[C@@H]4CCCO4)cc3N2)cc1C. The van der Waals surface area contributed by atoms with Crippen LogP contribution in [-0.4, -0.2) is 43.4 Å². The second kappa shape index (κ2) is 8.28. The van der Waals surface area contributed by atoms with Gasteiger partial charge in [0, 0.05) is 19.1 Å². The number of rotatable bonds is 4. The molecule has 0 saturated carbocycles. The van der Waals surface area contributed by atoms with E-state index in [2.05, 4.69) is 20.6 Å². The van der Waals surface area contributed by atoms with Gasteiger partial charge in [-0.05, 0) is 55.6 Å². The highest BCUT2D eigenvalue weighted by Gasteiger charge is 2.46. The molecule has 4 heterocycles. The van der Waals surface area contributed by atoms with E-state index >= 15 is 0 Å². The average Bonchev–Trinajstić information content (AvgIpc) is 3.49. The molecule has 3 atom stereocenters. The number of ether oxygens (including phenoxy) is 1. The zero-order valence-electron chi connectivity index (χ0n) is 18.3. The number of fused-ring (bicyclic) bond motifs is 1. The van der Waals surface area contributed by atoms with Crippen LogP contribution in [0.3, 0.4) is 0 Å². The number of hydrogen-bond donors (Lipinski definition) is 2. The average molecular weight is 479 g/mol. The summed E-state index contributed by atoms with van der Waals surface area (Å²) in [7, 11) is 0. The Morgan fingerprint density at radius 1 is 1.21 bits per heavy atom. The van der Waals surface area contributed by atoms with E-state index in [1.807, 2.05) is 32.0 Å². The van der Waals surface area contributed by atoms with Crippen molar-refractivity contribution in [2.45, 2.75) is 64.0 Å². The molecule has 2 N–H and O–H groups in total. The summed E-state index contributed by atoms with van der Waals surface area (Å²) in [6.45, 7) is 5.12. The second-order valence-corrected chi connectivity index (χ2v) is 9.18. The molecule has 0 aliphatic carbocycles. The Kier molecular flexibility index (Phi) is 5.56. The number of nitrogens with one attached hydrogen (secondary N) is 2. The van der Waals surface area contributed by atoms with Gasteiger partial charge in [0.1, 0.15) is 11.5 Å². The number of aromatic nitrogens is 5. The normalized spacial score (nSPS) is 22.9. The van der Waals surface area contributed by atoms with Crippen LogP contribution < -0.4 is 5.32 Å². The Labute approximate surface area is 194 Å². The summed E-state index contributed by atoms with van der Waals surface area (Å²) in [6.07, 6.45) is -2.72. The topological polar surface area (TPSA) is 72.7 Å². The predicted octanol–water partition coefficient (Wildman–Crippen LogP) is 5.26. The lowest BCUT2D eigenvalue weighted by molar-refractivity contribution is -0.173. The summed E-state index contributed by atoms with van der Waals surface area (Å²) in [6, 6.07) is 5.15. The van der Waals surface area contributed by atoms with Crippen LogP contribution >= 0.6 is 12.2 Å². The molecular weight excluding hydrogens is 453 g/mol. The van der Waals surface area contributed by atoms with Gasteiger partial charge in [0.15, 0.2) is 16.6 Å². The predicted molar refractivity (Wildman–Crippen MR) is 120 cm³/mol. The second-order valence-electron chi connectivity index (χ2n) is 8.79. The minimum Gasteiger partial charge on any atom is -0.376 e. The van der Waals surface area contributed by atoms with Gasteiger partial charge in [-0.3, -0.25) is 9.67 Å². The molecule has 0 bridgehead atoms. The van der Waals surface area contributed by atoms with Crippen molar-refractivity contribution in [1.29, 1.82) is 0 Å². The van der Waals surface area contributed by atoms with Crippen LogP contribution in [0.25, 0.3) is 11.5 Å². The largest absolute Gasteiger partial charge is 0.410 e. The van der Waals surface area contributed by atoms with Gasteiger partial charge in [0.25, 0.3) is 0 Å². The lowest BCUT2D eigenvalue weighted by Gasteiger charge is -2.33. The molecule has 33 heavy (non-hydrogen) atoms. The maximum Gasteiger partial charge on any atom is 0.410 e. The summed E-state index contributed by atoms with van der Waals surface area (Å²) in [5, 5.41) is 14.6. The molecule has 5 rings (SSSR count). The first-order valence-corrected chi connectivity index (χ1v) is 11.4. The molecule has 2 aromatic heterocycles. The highest BCUT2D eigenvalue weighted by molar-refractivity contribution is 7.71. The molecule has 1 fully saturated rings. The van der Waals surface area contributed by atoms with E-state index in [0.717, 1.165) is 34.2 Å². The number of aromatic amines is 1. The molecular formula is C22H25F3N6OS. The fraction of sp³-hybridized carbons (Fsp3) is 0.500. The molecule has 11 heteroatoms. The molecule has 7 nitrogen and oxygen atoms in total. The van der Waals surface area contributed by atoms with Crippen molar-refractivity contribution in [3.8, 4) is 11.5 Å². The van der Waals surface area contributed by atoms with Crippen LogP contribution in [-0.2, 0) is 11.3 Å². The quantitative estimate of drug-likeness (QED) is 0.501. The molecule has 2 aliphatic heterocycles. The molecule has 0 amide bonds. The fourth-order valence-electron chi connectivity index (χ4n) is 4.56. The third kappa shape index (κ3) is 4.19. The van der Waals surface area contributed by atoms with Crippen LogP contribution in [0.15, 0.2) is 24.3 Å². The number of H-pyrrole nitrogens is 1. The van der Waals surface area contributed by atoms with Gasteiger partial charge in [-0.15, -0.1) is 0 Å². The van der Waals surface area contributed by atoms with Crippen molar-refractivity contribution in [3.63, 3.8) is 0 Å². The van der Waals surface area contributed by atoms with E-state index < -0.39 is 18.3 Å². The number of anilines is 1. The molecule has 0 unspecified atom stereocenters. The summed E-state index contributed by atoms with van der Waals surface area (Å²) in [4.78, 5) is 0. The lowest BCUT2D eigenvalue weighted by atomic mass is 9.94. The van der Waals surface area contributed by atoms with Crippen molar-refractivity contribution >= 4 is 18.0 Å². The number of nitrogens with zero attached hydrogens (tertiary/aromatic N) is 4. The molecule has 2 aliphatic rings. The van der Waals surface area contributed by atoms with E-state index in [4.69, 9.17) is 17.0 Å². The van der Waals surface area contributed by atoms with Crippen LogP contribution in [0, 0.1) is 18.6 Å². The van der Waals surface area contributed by atoms with E-state index in [0.29, 0.717) is 35.3 Å². The molecule has 0 spiro atoms. The Bertz CT molecular complexity index is 1220. The fourth-order valence-corrected chi connectivity index (χ4v) is 4.76. The van der Waals surface area contributed by atoms with Gasteiger partial charge in [-0.1, -0.05) is 18.2 Å². The Morgan fingerprint density at radius 3 is 2.73 bits per heavy atom. The number of alkyl halides is 3. The summed E-state index contributed by atoms with van der Waals surface area (Å²) in [5.74, 6) is 0.710. The lowest BCUT2D eigenvalue weighted by Crippen LogP contribution is -2.35. The van der Waals surface area contributed by atoms with Gasteiger partial charge in [-0.25, -0.2) is 4.68 Å². The molecule has 3 aromatic rings. The van der Waals surface area contributed by atoms with Crippen LogP contribution in [0.1, 0.15) is 48.0 Å². The van der Waals surface area contributed by atoms with E-state index in [1.54, 1.807) is 10.6 Å². The number of aryl methyl sites for hydroxylation is 2. The monoisotopic (exact) mass is 478 g/mol. The van der Waals surface area contributed by atoms with E-state index in [-0.39, 0.29) is 12.5 Å². The first-order valence-electron chi connectivity index (χ1n) is 11.0. The minimum atomic E-state index is -4.44. The van der Waals surface area contributed by atoms with Crippen molar-refractivity contribution < 1.29 is 17.9 Å². The van der Waals surface area contributed by atoms with Gasteiger partial charge in [0.2, 0.25) is 0 Å². The van der Waals surface area contributed by atoms with Crippen molar-refractivity contribution in [1.82, 2.24) is 24.5 Å². The van der Waals surface area contributed by atoms with E-state index in [9.17, 15) is 13.2 Å². The number of hydrogen-bond acceptors (Lipinski definition) is 5. The van der Waals surface area contributed by atoms with Crippen molar-refractivity contribution in [2.24, 2.45) is 0 Å². The van der Waals surface area contributed by atoms with Crippen LogP contribution in [0.2, 0.25) is 0 Å². The van der Waals surface area contributed by atoms with E-state index in [1.165, 1.54) is 0 Å². The Morgan fingerprint density at radius 2 is 2.03 bits per heavy atom. The molecule has 1 aromatic carbocycles.